The van der Waals surface area contributed by atoms with Crippen LogP contribution in [0.1, 0.15) is 26.2 Å². The van der Waals surface area contributed by atoms with E-state index in [1.54, 1.807) is 41.2 Å². The van der Waals surface area contributed by atoms with Crippen LogP contribution in [0, 0.1) is 0 Å². The Morgan fingerprint density at radius 2 is 1.84 bits per heavy atom. The molecule has 2 fully saturated rings. The molecule has 0 aliphatic carbocycles. The third-order valence-electron chi connectivity index (χ3n) is 8.07. The summed E-state index contributed by atoms with van der Waals surface area (Å²) in [5, 5.41) is 18.1. The lowest BCUT2D eigenvalue weighted by atomic mass is 9.88. The minimum absolute atomic E-state index is 0.0102. The molecule has 5 rings (SSSR count). The van der Waals surface area contributed by atoms with Crippen molar-refractivity contribution in [3.8, 4) is 16.9 Å². The first-order chi connectivity index (χ1) is 20.5. The summed E-state index contributed by atoms with van der Waals surface area (Å²) >= 11 is 0. The van der Waals surface area contributed by atoms with Crippen LogP contribution in [-0.2, 0) is 31.3 Å². The van der Waals surface area contributed by atoms with Crippen LogP contribution in [0.2, 0.25) is 0 Å². The van der Waals surface area contributed by atoms with Crippen molar-refractivity contribution in [3.63, 3.8) is 0 Å². The first kappa shape index (κ1) is 31.6. The summed E-state index contributed by atoms with van der Waals surface area (Å²) in [6.45, 7) is 4.20. The summed E-state index contributed by atoms with van der Waals surface area (Å²) < 4.78 is 68.4. The smallest absolute Gasteiger partial charge is 0.243 e. The van der Waals surface area contributed by atoms with Gasteiger partial charge in [-0.1, -0.05) is 18.2 Å². The number of nitrogens with zero attached hydrogens (tertiary/aromatic N) is 3. The maximum absolute atomic E-state index is 13.5. The van der Waals surface area contributed by atoms with Gasteiger partial charge in [-0.3, -0.25) is 4.68 Å². The van der Waals surface area contributed by atoms with Crippen LogP contribution in [-0.4, -0.2) is 93.7 Å². The Bertz CT molecular complexity index is 1620. The first-order valence-electron chi connectivity index (χ1n) is 14.4. The third-order valence-corrected chi connectivity index (χ3v) is 11.4. The van der Waals surface area contributed by atoms with Crippen LogP contribution < -0.4 is 14.8 Å². The van der Waals surface area contributed by atoms with E-state index in [0.717, 1.165) is 24.1 Å². The van der Waals surface area contributed by atoms with Crippen molar-refractivity contribution in [3.05, 3.63) is 60.9 Å². The average molecular weight is 634 g/mol. The lowest BCUT2D eigenvalue weighted by molar-refractivity contribution is -0.0312. The number of aromatic nitrogens is 2. The molecule has 2 aliphatic heterocycles. The summed E-state index contributed by atoms with van der Waals surface area (Å²) in [4.78, 5) is 0.352. The molecule has 3 N–H and O–H groups in total. The molecule has 43 heavy (non-hydrogen) atoms. The molecule has 3 aromatic rings. The van der Waals surface area contributed by atoms with Crippen LogP contribution in [0.25, 0.3) is 11.1 Å². The normalized spacial score (nSPS) is 19.9. The number of aliphatic hydroxyl groups is 1. The van der Waals surface area contributed by atoms with Crippen LogP contribution in [0.15, 0.2) is 70.7 Å². The number of piperidine rings is 1. The average Bonchev–Trinajstić information content (AvgIpc) is 3.67. The highest BCUT2D eigenvalue weighted by Gasteiger charge is 2.44. The molecule has 0 unspecified atom stereocenters. The zero-order chi connectivity index (χ0) is 30.7. The standard InChI is InChI=1S/C29H39N5O7S2/c1-3-33-19-23(17-32-33)22-6-4-9-28(14-22)43(38,39)34-12-10-29(11-13-34)16-24(20-41-29)31-18-25(35)21-40-26-7-5-8-27(15-26)42(36,37)30-2/h4-9,14-15,17,19,24-25,30-31,35H,3,10-13,16,18,20-21H2,1-2H3/t24-,25+/m1/s1. The molecule has 2 aliphatic rings. The summed E-state index contributed by atoms with van der Waals surface area (Å²) in [6.07, 6.45) is 4.72. The molecule has 3 heterocycles. The Labute approximate surface area is 253 Å². The Balaban J connectivity index is 1.10. The Morgan fingerprint density at radius 3 is 2.56 bits per heavy atom. The third kappa shape index (κ3) is 7.28. The molecule has 1 spiro atoms. The monoisotopic (exact) mass is 633 g/mol. The van der Waals surface area contributed by atoms with Gasteiger partial charge in [0.15, 0.2) is 0 Å². The number of rotatable bonds is 12. The lowest BCUT2D eigenvalue weighted by Gasteiger charge is -2.38. The second-order valence-electron chi connectivity index (χ2n) is 11.0. The topological polar surface area (TPSA) is 152 Å². The Kier molecular flexibility index (Phi) is 9.56. The molecule has 2 saturated heterocycles. The molecule has 1 aromatic heterocycles. The number of aryl methyl sites for hydroxylation is 1. The fraction of sp³-hybridized carbons (Fsp3) is 0.483. The van der Waals surface area contributed by atoms with E-state index in [4.69, 9.17) is 9.47 Å². The molecule has 234 valence electrons. The van der Waals surface area contributed by atoms with Gasteiger partial charge in [0.1, 0.15) is 18.5 Å². The predicted octanol–water partition coefficient (Wildman–Crippen LogP) is 1.82. The summed E-state index contributed by atoms with van der Waals surface area (Å²) in [7, 11) is -5.92. The minimum atomic E-state index is -3.66. The largest absolute Gasteiger partial charge is 0.491 e. The van der Waals surface area contributed by atoms with E-state index in [9.17, 15) is 21.9 Å². The molecule has 0 radical (unpaired) electrons. The van der Waals surface area contributed by atoms with Gasteiger partial charge < -0.3 is 19.9 Å². The van der Waals surface area contributed by atoms with Gasteiger partial charge in [0.05, 0.1) is 28.2 Å². The van der Waals surface area contributed by atoms with E-state index in [1.165, 1.54) is 23.5 Å². The highest BCUT2D eigenvalue weighted by Crippen LogP contribution is 2.37. The molecule has 0 amide bonds. The van der Waals surface area contributed by atoms with Crippen LogP contribution in [0.4, 0.5) is 0 Å². The number of ether oxygens (including phenoxy) is 2. The number of hydrogen-bond donors (Lipinski definition) is 3. The van der Waals surface area contributed by atoms with Crippen molar-refractivity contribution in [1.29, 1.82) is 0 Å². The summed E-state index contributed by atoms with van der Waals surface area (Å²) in [6, 6.07) is 13.1. The van der Waals surface area contributed by atoms with Crippen molar-refractivity contribution in [1.82, 2.24) is 24.1 Å². The van der Waals surface area contributed by atoms with Crippen molar-refractivity contribution in [2.75, 3.05) is 39.9 Å². The van der Waals surface area contributed by atoms with E-state index in [0.29, 0.717) is 38.3 Å². The molecule has 12 nitrogen and oxygen atoms in total. The molecule has 2 atom stereocenters. The Hall–Kier alpha value is -2.85. The second-order valence-corrected chi connectivity index (χ2v) is 14.8. The quantitative estimate of drug-likeness (QED) is 0.271. The fourth-order valence-corrected chi connectivity index (χ4v) is 7.78. The molecule has 14 heteroatoms. The van der Waals surface area contributed by atoms with Crippen LogP contribution in [0.3, 0.4) is 0 Å². The maximum atomic E-state index is 13.5. The zero-order valence-electron chi connectivity index (χ0n) is 24.3. The van der Waals surface area contributed by atoms with Crippen molar-refractivity contribution in [2.45, 2.75) is 60.3 Å². The number of aliphatic hydroxyl groups excluding tert-OH is 1. The van der Waals surface area contributed by atoms with Crippen molar-refractivity contribution < 1.29 is 31.4 Å². The van der Waals surface area contributed by atoms with Crippen molar-refractivity contribution >= 4 is 20.0 Å². The molecule has 2 aromatic carbocycles. The van der Waals surface area contributed by atoms with E-state index in [-0.39, 0.29) is 29.0 Å². The van der Waals surface area contributed by atoms with Crippen LogP contribution >= 0.6 is 0 Å². The van der Waals surface area contributed by atoms with Gasteiger partial charge >= 0.3 is 0 Å². The predicted molar refractivity (Wildman–Crippen MR) is 161 cm³/mol. The number of benzene rings is 2. The van der Waals surface area contributed by atoms with E-state index >= 15 is 0 Å². The number of hydrogen-bond acceptors (Lipinski definition) is 9. The first-order valence-corrected chi connectivity index (χ1v) is 17.3. The van der Waals surface area contributed by atoms with Crippen LogP contribution in [0.5, 0.6) is 5.75 Å². The van der Waals surface area contributed by atoms with Crippen molar-refractivity contribution in [2.24, 2.45) is 0 Å². The maximum Gasteiger partial charge on any atom is 0.243 e. The molecular formula is C29H39N5O7S2. The summed E-state index contributed by atoms with van der Waals surface area (Å²) in [5.41, 5.74) is 1.28. The van der Waals surface area contributed by atoms with Gasteiger partial charge in [0, 0.05) is 50.0 Å². The molecule has 0 saturated carbocycles. The SMILES string of the molecule is CCn1cc(-c2cccc(S(=O)(=O)N3CCC4(CC3)C[C@@H](NC[C@H](O)COc3cccc(S(=O)(=O)NC)c3)CO4)c2)cn1. The van der Waals surface area contributed by atoms with E-state index in [2.05, 4.69) is 15.1 Å². The molecular weight excluding hydrogens is 594 g/mol. The lowest BCUT2D eigenvalue weighted by Crippen LogP contribution is -2.47. The van der Waals surface area contributed by atoms with E-state index < -0.39 is 31.8 Å². The zero-order valence-corrected chi connectivity index (χ0v) is 26.0. The molecule has 0 bridgehead atoms. The number of nitrogens with one attached hydrogen (secondary N) is 2. The Morgan fingerprint density at radius 1 is 1.09 bits per heavy atom. The van der Waals surface area contributed by atoms with Gasteiger partial charge in [-0.25, -0.2) is 21.6 Å². The van der Waals surface area contributed by atoms with Gasteiger partial charge in [-0.2, -0.15) is 9.40 Å². The summed E-state index contributed by atoms with van der Waals surface area (Å²) in [5.74, 6) is 0.347. The fourth-order valence-electron chi connectivity index (χ4n) is 5.53. The van der Waals surface area contributed by atoms with Gasteiger partial charge in [-0.05, 0) is 63.1 Å². The second kappa shape index (κ2) is 13.0. The van der Waals surface area contributed by atoms with Gasteiger partial charge in [-0.15, -0.1) is 0 Å². The minimum Gasteiger partial charge on any atom is -0.491 e. The number of sulfonamides is 2. The highest BCUT2D eigenvalue weighted by atomic mass is 32.2. The van der Waals surface area contributed by atoms with Gasteiger partial charge in [0.25, 0.3) is 0 Å². The van der Waals surface area contributed by atoms with E-state index in [1.807, 2.05) is 19.2 Å². The highest BCUT2D eigenvalue weighted by molar-refractivity contribution is 7.89. The van der Waals surface area contributed by atoms with Gasteiger partial charge in [0.2, 0.25) is 20.0 Å².